The van der Waals surface area contributed by atoms with E-state index in [1.165, 1.54) is 11.1 Å². The van der Waals surface area contributed by atoms with E-state index in [9.17, 15) is 15.3 Å². The summed E-state index contributed by atoms with van der Waals surface area (Å²) in [5, 5.41) is 38.3. The molecule has 3 N–H and O–H groups in total. The van der Waals surface area contributed by atoms with Gasteiger partial charge in [-0.15, -0.1) is 0 Å². The zero-order valence-electron chi connectivity index (χ0n) is 32.9. The molecule has 11 nitrogen and oxygen atoms in total. The molecular formula is C46H51BrN8O3. The van der Waals surface area contributed by atoms with Crippen molar-refractivity contribution >= 4 is 27.2 Å². The van der Waals surface area contributed by atoms with Gasteiger partial charge in [0.25, 0.3) is 0 Å². The molecule has 2 aliphatic heterocycles. The molecular weight excluding hydrogens is 792 g/mol. The number of likely N-dealkylation sites (tertiary alicyclic amines) is 2. The number of halogens is 1. The van der Waals surface area contributed by atoms with Crippen molar-refractivity contribution in [1.29, 1.82) is 0 Å². The van der Waals surface area contributed by atoms with Gasteiger partial charge in [0, 0.05) is 67.7 Å². The van der Waals surface area contributed by atoms with Gasteiger partial charge < -0.3 is 25.1 Å². The second kappa shape index (κ2) is 18.4. The number of nitrogens with zero attached hydrogens (tertiary/aromatic N) is 8. The summed E-state index contributed by atoms with van der Waals surface area (Å²) in [7, 11) is 0. The van der Waals surface area contributed by atoms with Gasteiger partial charge in [-0.3, -0.25) is 0 Å². The Morgan fingerprint density at radius 3 is 1.74 bits per heavy atom. The lowest BCUT2D eigenvalue weighted by molar-refractivity contribution is 0.0712. The van der Waals surface area contributed by atoms with Crippen molar-refractivity contribution in [3.8, 4) is 33.4 Å². The Bertz CT molecular complexity index is 2430. The van der Waals surface area contributed by atoms with Crippen LogP contribution in [-0.2, 0) is 12.8 Å². The third-order valence-corrected chi connectivity index (χ3v) is 11.9. The molecule has 3 atom stereocenters. The van der Waals surface area contributed by atoms with E-state index in [4.69, 9.17) is 4.98 Å². The molecule has 6 heterocycles. The molecule has 0 amide bonds. The summed E-state index contributed by atoms with van der Waals surface area (Å²) < 4.78 is 4.50. The largest absolute Gasteiger partial charge is 0.392 e. The lowest BCUT2D eigenvalue weighted by Gasteiger charge is -2.29. The fraction of sp³-hybridized carbons (Fsp3) is 0.348. The van der Waals surface area contributed by atoms with E-state index >= 15 is 0 Å². The molecule has 58 heavy (non-hydrogen) atoms. The van der Waals surface area contributed by atoms with Gasteiger partial charge in [0.15, 0.2) is 11.3 Å². The Morgan fingerprint density at radius 2 is 1.19 bits per heavy atom. The van der Waals surface area contributed by atoms with Crippen LogP contribution in [0.2, 0.25) is 0 Å². The van der Waals surface area contributed by atoms with E-state index < -0.39 is 6.10 Å². The highest BCUT2D eigenvalue weighted by Crippen LogP contribution is 2.28. The molecule has 2 fully saturated rings. The second-order valence-electron chi connectivity index (χ2n) is 15.7. The van der Waals surface area contributed by atoms with Crippen LogP contribution in [0.25, 0.3) is 44.7 Å². The summed E-state index contributed by atoms with van der Waals surface area (Å²) in [6.07, 6.45) is 16.6. The van der Waals surface area contributed by atoms with Crippen molar-refractivity contribution < 1.29 is 15.3 Å². The Hall–Kier alpha value is -4.82. The van der Waals surface area contributed by atoms with Crippen molar-refractivity contribution in [2.45, 2.75) is 63.8 Å². The average Bonchev–Trinajstić information content (AvgIpc) is 3.85. The molecule has 0 bridgehead atoms. The van der Waals surface area contributed by atoms with Crippen LogP contribution in [0.4, 0.5) is 0 Å². The van der Waals surface area contributed by atoms with Crippen LogP contribution in [0.3, 0.4) is 0 Å². The van der Waals surface area contributed by atoms with Crippen molar-refractivity contribution in [3.63, 3.8) is 0 Å². The van der Waals surface area contributed by atoms with Gasteiger partial charge >= 0.3 is 0 Å². The summed E-state index contributed by atoms with van der Waals surface area (Å²) in [6.45, 7) is 7.53. The van der Waals surface area contributed by atoms with Gasteiger partial charge in [0.2, 0.25) is 0 Å². The fourth-order valence-corrected chi connectivity index (χ4v) is 8.33. The maximum absolute atomic E-state index is 9.90. The number of aromatic nitrogens is 6. The van der Waals surface area contributed by atoms with Gasteiger partial charge in [0.05, 0.1) is 35.2 Å². The second-order valence-corrected chi connectivity index (χ2v) is 16.5. The van der Waals surface area contributed by atoms with Gasteiger partial charge in [-0.05, 0) is 114 Å². The SMILES string of the molecule is CC(O)c1cccc(-c2cnn3cc(-c4ccc(CCN5CCCC(O)C5)cc4)cnc23)c1.OC1CCCN(CCc2ccc(-c3cnc4c(Br)cnn4c3)cc2)C1. The molecule has 4 aromatic heterocycles. The standard InChI is InChI=1S/C27H30N4O2.C19H21BrN4O/c1-19(32)22-4-2-5-23(14-22)26-16-29-31-17-24(15-28-27(26)31)21-9-7-20(8-10-21)11-13-30-12-3-6-25(33)18-30;20-18-11-22-24-12-16(10-21-19(18)24)15-5-3-14(4-6-15)7-9-23-8-1-2-17(25)13-23/h2,4-5,7-10,14-17,19,25,32-33H,3,6,11-13,18H2,1H3;3-6,10-12,17,25H,1-2,7-9,13H2. The van der Waals surface area contributed by atoms with E-state index in [0.29, 0.717) is 0 Å². The first-order valence-corrected chi connectivity index (χ1v) is 21.1. The quantitative estimate of drug-likeness (QED) is 0.130. The summed E-state index contributed by atoms with van der Waals surface area (Å²) in [5.74, 6) is 0. The predicted molar refractivity (Wildman–Crippen MR) is 231 cm³/mol. The van der Waals surface area contributed by atoms with Crippen LogP contribution < -0.4 is 0 Å². The Morgan fingerprint density at radius 1 is 0.655 bits per heavy atom. The highest BCUT2D eigenvalue weighted by molar-refractivity contribution is 9.10. The van der Waals surface area contributed by atoms with Gasteiger partial charge in [-0.1, -0.05) is 66.7 Å². The number of aliphatic hydroxyl groups excluding tert-OH is 3. The van der Waals surface area contributed by atoms with E-state index in [0.717, 1.165) is 133 Å². The number of hydrogen-bond donors (Lipinski definition) is 3. The van der Waals surface area contributed by atoms with Gasteiger partial charge in [-0.2, -0.15) is 10.2 Å². The zero-order valence-corrected chi connectivity index (χ0v) is 34.5. The average molecular weight is 844 g/mol. The number of hydrogen-bond acceptors (Lipinski definition) is 9. The summed E-state index contributed by atoms with van der Waals surface area (Å²) in [4.78, 5) is 13.9. The van der Waals surface area contributed by atoms with Crippen molar-refractivity contribution in [2.24, 2.45) is 0 Å². The molecule has 0 spiro atoms. The zero-order chi connectivity index (χ0) is 40.0. The Balaban J connectivity index is 0.000000168. The van der Waals surface area contributed by atoms with Gasteiger partial charge in [0.1, 0.15) is 0 Å². The van der Waals surface area contributed by atoms with Crippen LogP contribution in [0.5, 0.6) is 0 Å². The number of β-amino-alcohol motifs (C(OH)–C–C–N with tert-alkyl or cyclic N) is 2. The lowest BCUT2D eigenvalue weighted by atomic mass is 10.0. The summed E-state index contributed by atoms with van der Waals surface area (Å²) in [6, 6.07) is 25.1. The maximum atomic E-state index is 9.90. The first-order valence-electron chi connectivity index (χ1n) is 20.4. The number of rotatable bonds is 10. The van der Waals surface area contributed by atoms with E-state index in [1.54, 1.807) is 17.6 Å². The molecule has 12 heteroatoms. The molecule has 0 saturated carbocycles. The number of piperidine rings is 2. The highest BCUT2D eigenvalue weighted by Gasteiger charge is 2.18. The molecule has 300 valence electrons. The Kier molecular flexibility index (Phi) is 12.7. The first-order chi connectivity index (χ1) is 28.3. The van der Waals surface area contributed by atoms with Crippen LogP contribution in [0, 0.1) is 0 Å². The molecule has 2 aliphatic rings. The van der Waals surface area contributed by atoms with E-state index in [-0.39, 0.29) is 12.2 Å². The topological polar surface area (TPSA) is 128 Å². The summed E-state index contributed by atoms with van der Waals surface area (Å²) in [5.41, 5.74) is 11.4. The van der Waals surface area contributed by atoms with Crippen LogP contribution >= 0.6 is 15.9 Å². The minimum Gasteiger partial charge on any atom is -0.392 e. The van der Waals surface area contributed by atoms with Crippen LogP contribution in [0.15, 0.2) is 114 Å². The number of aliphatic hydroxyl groups is 3. The Labute approximate surface area is 347 Å². The predicted octanol–water partition coefficient (Wildman–Crippen LogP) is 7.27. The van der Waals surface area contributed by atoms with Crippen molar-refractivity contribution in [1.82, 2.24) is 39.0 Å². The van der Waals surface area contributed by atoms with Crippen LogP contribution in [-0.4, -0.2) is 106 Å². The number of fused-ring (bicyclic) bond motifs is 2. The minimum atomic E-state index is -0.513. The van der Waals surface area contributed by atoms with E-state index in [1.807, 2.05) is 59.8 Å². The van der Waals surface area contributed by atoms with Gasteiger partial charge in [-0.25, -0.2) is 19.0 Å². The van der Waals surface area contributed by atoms with Crippen LogP contribution in [0.1, 0.15) is 55.4 Å². The molecule has 9 rings (SSSR count). The van der Waals surface area contributed by atoms with E-state index in [2.05, 4.69) is 89.4 Å². The van der Waals surface area contributed by atoms with Crippen molar-refractivity contribution in [2.75, 3.05) is 39.3 Å². The lowest BCUT2D eigenvalue weighted by Crippen LogP contribution is -2.39. The monoisotopic (exact) mass is 842 g/mol. The van der Waals surface area contributed by atoms with Crippen molar-refractivity contribution in [3.05, 3.63) is 131 Å². The fourth-order valence-electron chi connectivity index (χ4n) is 7.96. The molecule has 3 unspecified atom stereocenters. The third-order valence-electron chi connectivity index (χ3n) is 11.3. The first kappa shape index (κ1) is 40.0. The molecule has 7 aromatic rings. The molecule has 2 saturated heterocycles. The molecule has 0 aliphatic carbocycles. The molecule has 3 aromatic carbocycles. The number of benzene rings is 3. The third kappa shape index (κ3) is 9.71. The molecule has 0 radical (unpaired) electrons. The maximum Gasteiger partial charge on any atom is 0.169 e. The smallest absolute Gasteiger partial charge is 0.169 e. The highest BCUT2D eigenvalue weighted by atomic mass is 79.9. The summed E-state index contributed by atoms with van der Waals surface area (Å²) >= 11 is 3.45. The minimum absolute atomic E-state index is 0.152. The normalized spacial score (nSPS) is 18.3.